The number of hydrogen-bond donors (Lipinski definition) is 0. The summed E-state index contributed by atoms with van der Waals surface area (Å²) in [4.78, 5) is 35.3. The molecular formula is C23H27ClN6O2S. The molecule has 33 heavy (non-hydrogen) atoms. The van der Waals surface area contributed by atoms with Gasteiger partial charge in [0.2, 0.25) is 5.91 Å². The van der Waals surface area contributed by atoms with E-state index in [-0.39, 0.29) is 23.0 Å². The lowest BCUT2D eigenvalue weighted by Gasteiger charge is -2.36. The molecule has 0 spiro atoms. The van der Waals surface area contributed by atoms with Crippen LogP contribution in [0.5, 0.6) is 0 Å². The molecule has 8 nitrogen and oxygen atoms in total. The van der Waals surface area contributed by atoms with Crippen LogP contribution >= 0.6 is 23.4 Å². The summed E-state index contributed by atoms with van der Waals surface area (Å²) in [5.41, 5.74) is 1.30. The first kappa shape index (κ1) is 22.3. The lowest BCUT2D eigenvalue weighted by molar-refractivity contribution is -0.132. The highest BCUT2D eigenvalue weighted by Crippen LogP contribution is 2.34. The van der Waals surface area contributed by atoms with Crippen LogP contribution in [0.15, 0.2) is 40.4 Å². The summed E-state index contributed by atoms with van der Waals surface area (Å²) in [6, 6.07) is 7.61. The maximum atomic E-state index is 13.3. The molecule has 1 saturated heterocycles. The van der Waals surface area contributed by atoms with Gasteiger partial charge in [-0.15, -0.1) is 0 Å². The van der Waals surface area contributed by atoms with Crippen molar-refractivity contribution in [3.8, 4) is 0 Å². The minimum atomic E-state index is -0.272. The molecule has 1 aromatic carbocycles. The van der Waals surface area contributed by atoms with Crippen molar-refractivity contribution >= 4 is 46.0 Å². The second-order valence-corrected chi connectivity index (χ2v) is 11.0. The van der Waals surface area contributed by atoms with Crippen molar-refractivity contribution in [1.29, 1.82) is 0 Å². The first-order chi connectivity index (χ1) is 15.7. The number of carbonyl (C=O) groups excluding carboxylic acids is 1. The van der Waals surface area contributed by atoms with Crippen molar-refractivity contribution in [3.63, 3.8) is 0 Å². The minimum Gasteiger partial charge on any atom is -0.368 e. The Labute approximate surface area is 201 Å². The number of halogens is 1. The van der Waals surface area contributed by atoms with Crippen LogP contribution in [-0.4, -0.2) is 62.1 Å². The molecule has 174 valence electrons. The van der Waals surface area contributed by atoms with Gasteiger partial charge in [-0.05, 0) is 39.0 Å². The Kier molecular flexibility index (Phi) is 5.64. The van der Waals surface area contributed by atoms with Crippen molar-refractivity contribution in [2.45, 2.75) is 43.9 Å². The fraction of sp³-hybridized carbons (Fsp3) is 0.478. The molecule has 1 unspecified atom stereocenters. The van der Waals surface area contributed by atoms with E-state index in [1.807, 2.05) is 49.9 Å². The Hall–Kier alpha value is -2.52. The molecule has 0 N–H and O–H groups in total. The quantitative estimate of drug-likeness (QED) is 0.528. The van der Waals surface area contributed by atoms with Gasteiger partial charge in [0.1, 0.15) is 5.39 Å². The molecule has 2 aliphatic rings. The lowest BCUT2D eigenvalue weighted by atomic mass is 10.1. The van der Waals surface area contributed by atoms with Crippen LogP contribution in [0.25, 0.3) is 11.0 Å². The van der Waals surface area contributed by atoms with Crippen molar-refractivity contribution in [1.82, 2.24) is 24.2 Å². The molecule has 3 aromatic rings. The van der Waals surface area contributed by atoms with Gasteiger partial charge in [0.15, 0.2) is 10.8 Å². The van der Waals surface area contributed by atoms with Gasteiger partial charge < -0.3 is 9.80 Å². The molecule has 0 saturated carbocycles. The molecule has 2 aromatic heterocycles. The number of hydrogen-bond acceptors (Lipinski definition) is 6. The van der Waals surface area contributed by atoms with Gasteiger partial charge in [0, 0.05) is 49.1 Å². The number of anilines is 1. The van der Waals surface area contributed by atoms with E-state index < -0.39 is 0 Å². The smallest absolute Gasteiger partial charge is 0.265 e. The molecular weight excluding hydrogens is 460 g/mol. The maximum absolute atomic E-state index is 13.3. The van der Waals surface area contributed by atoms with E-state index in [2.05, 4.69) is 10.00 Å². The third kappa shape index (κ3) is 4.12. The van der Waals surface area contributed by atoms with Gasteiger partial charge in [-0.1, -0.05) is 29.4 Å². The molecule has 1 atom stereocenters. The highest BCUT2D eigenvalue weighted by Gasteiger charge is 2.32. The molecule has 0 bridgehead atoms. The monoisotopic (exact) mass is 486 g/mol. The summed E-state index contributed by atoms with van der Waals surface area (Å²) in [5, 5.41) is 6.29. The van der Waals surface area contributed by atoms with Crippen molar-refractivity contribution in [2.24, 2.45) is 0 Å². The number of aromatic nitrogens is 4. The molecule has 1 fully saturated rings. The second-order valence-electron chi connectivity index (χ2n) is 9.55. The number of carbonyl (C=O) groups is 1. The second kappa shape index (κ2) is 8.36. The van der Waals surface area contributed by atoms with Gasteiger partial charge in [0.05, 0.1) is 17.8 Å². The van der Waals surface area contributed by atoms with E-state index in [0.717, 1.165) is 18.8 Å². The van der Waals surface area contributed by atoms with Gasteiger partial charge >= 0.3 is 0 Å². The first-order valence-corrected chi connectivity index (χ1v) is 12.5. The van der Waals surface area contributed by atoms with E-state index in [1.165, 1.54) is 11.8 Å². The molecule has 2 aliphatic heterocycles. The Morgan fingerprint density at radius 3 is 2.67 bits per heavy atom. The Bertz CT molecular complexity index is 1270. The van der Waals surface area contributed by atoms with E-state index in [9.17, 15) is 9.59 Å². The predicted octanol–water partition coefficient (Wildman–Crippen LogP) is 3.39. The number of piperazine rings is 1. The molecule has 1 amide bonds. The fourth-order valence-corrected chi connectivity index (χ4v) is 5.80. The number of benzene rings is 1. The summed E-state index contributed by atoms with van der Waals surface area (Å²) in [6.07, 6.45) is 1.90. The van der Waals surface area contributed by atoms with Gasteiger partial charge in [-0.3, -0.25) is 14.2 Å². The molecule has 10 heteroatoms. The highest BCUT2D eigenvalue weighted by molar-refractivity contribution is 7.99. The average Bonchev–Trinajstić information content (AvgIpc) is 3.39. The summed E-state index contributed by atoms with van der Waals surface area (Å²) >= 11 is 7.66. The van der Waals surface area contributed by atoms with E-state index in [0.29, 0.717) is 46.5 Å². The number of rotatable bonds is 3. The summed E-state index contributed by atoms with van der Waals surface area (Å²) in [6.45, 7) is 8.93. The van der Waals surface area contributed by atoms with E-state index >= 15 is 0 Å². The highest BCUT2D eigenvalue weighted by atomic mass is 35.5. The van der Waals surface area contributed by atoms with Gasteiger partial charge in [0.25, 0.3) is 5.56 Å². The maximum Gasteiger partial charge on any atom is 0.265 e. The van der Waals surface area contributed by atoms with E-state index in [1.54, 1.807) is 15.4 Å². The van der Waals surface area contributed by atoms with Crippen LogP contribution in [0, 0.1) is 0 Å². The molecule has 5 rings (SSSR count). The zero-order valence-corrected chi connectivity index (χ0v) is 20.6. The lowest BCUT2D eigenvalue weighted by Crippen LogP contribution is -2.49. The number of amides is 1. The van der Waals surface area contributed by atoms with Crippen LogP contribution in [-0.2, 0) is 10.3 Å². The Balaban J connectivity index is 1.30. The molecule has 0 radical (unpaired) electrons. The van der Waals surface area contributed by atoms with Gasteiger partial charge in [-0.2, -0.15) is 5.10 Å². The number of thioether (sulfide) groups is 1. The number of nitrogens with zero attached hydrogens (tertiary/aromatic N) is 6. The first-order valence-electron chi connectivity index (χ1n) is 11.1. The summed E-state index contributed by atoms with van der Waals surface area (Å²) < 4.78 is 3.49. The van der Waals surface area contributed by atoms with Gasteiger partial charge in [-0.25, -0.2) is 9.67 Å². The molecule has 4 heterocycles. The van der Waals surface area contributed by atoms with Crippen molar-refractivity contribution < 1.29 is 4.79 Å². The third-order valence-corrected chi connectivity index (χ3v) is 7.55. The van der Waals surface area contributed by atoms with Crippen molar-refractivity contribution in [2.75, 3.05) is 36.8 Å². The van der Waals surface area contributed by atoms with E-state index in [4.69, 9.17) is 16.6 Å². The largest absolute Gasteiger partial charge is 0.368 e. The van der Waals surface area contributed by atoms with Crippen LogP contribution < -0.4 is 10.5 Å². The fourth-order valence-electron chi connectivity index (χ4n) is 4.49. The minimum absolute atomic E-state index is 0.0802. The Morgan fingerprint density at radius 2 is 1.97 bits per heavy atom. The SMILES string of the molecule is CC(C)(C)n1ncc2c(=O)n3c(nc21)SCC3CC(=O)N1CCN(c2cccc(Cl)c2)CC1. The zero-order valence-electron chi connectivity index (χ0n) is 19.0. The standard InChI is InChI=1S/C23H27ClN6O2S/c1-23(2,3)30-20-18(13-25-30)21(32)29-17(14-33-22(29)26-20)12-19(31)28-9-7-27(8-10-28)16-6-4-5-15(24)11-16/h4-6,11,13,17H,7-10,12,14H2,1-3H3. The average molecular weight is 487 g/mol. The number of fused-ring (bicyclic) bond motifs is 2. The normalized spacial score (nSPS) is 18.7. The van der Waals surface area contributed by atoms with Crippen LogP contribution in [0.4, 0.5) is 5.69 Å². The molecule has 0 aliphatic carbocycles. The van der Waals surface area contributed by atoms with Crippen molar-refractivity contribution in [3.05, 3.63) is 45.8 Å². The van der Waals surface area contributed by atoms with Crippen LogP contribution in [0.2, 0.25) is 5.02 Å². The van der Waals surface area contributed by atoms with Crippen LogP contribution in [0.3, 0.4) is 0 Å². The zero-order chi connectivity index (χ0) is 23.3. The third-order valence-electron chi connectivity index (χ3n) is 6.22. The summed E-state index contributed by atoms with van der Waals surface area (Å²) in [5.74, 6) is 0.753. The predicted molar refractivity (Wildman–Crippen MR) is 131 cm³/mol. The topological polar surface area (TPSA) is 76.3 Å². The van der Waals surface area contributed by atoms with Crippen LogP contribution in [0.1, 0.15) is 33.2 Å². The summed E-state index contributed by atoms with van der Waals surface area (Å²) in [7, 11) is 0. The Morgan fingerprint density at radius 1 is 1.21 bits per heavy atom.